The van der Waals surface area contributed by atoms with Crippen LogP contribution in [-0.2, 0) is 4.79 Å². The third-order valence-corrected chi connectivity index (χ3v) is 2.15. The molecule has 1 amide bonds. The van der Waals surface area contributed by atoms with Crippen molar-refractivity contribution in [3.8, 4) is 0 Å². The molecule has 0 aliphatic carbocycles. The van der Waals surface area contributed by atoms with Gasteiger partial charge >= 0.3 is 0 Å². The van der Waals surface area contributed by atoms with E-state index in [1.54, 1.807) is 13.1 Å². The molecule has 0 fully saturated rings. The van der Waals surface area contributed by atoms with Crippen LogP contribution in [-0.4, -0.2) is 35.5 Å². The number of hydrogen-bond donors (Lipinski definition) is 2. The standard InChI is InChI=1S/C10H17N5O/c1-7(2)15(5-8(11)16)10-4-9(12-3)13-6-14-10/h4,6-7H,5H2,1-3H3,(H2,11,16)(H,12,13,14). The highest BCUT2D eigenvalue weighted by Crippen LogP contribution is 2.15. The summed E-state index contributed by atoms with van der Waals surface area (Å²) < 4.78 is 0. The van der Waals surface area contributed by atoms with Gasteiger partial charge in [0.2, 0.25) is 5.91 Å². The van der Waals surface area contributed by atoms with E-state index in [4.69, 9.17) is 5.73 Å². The SMILES string of the molecule is CNc1cc(N(CC(N)=O)C(C)C)ncn1. The van der Waals surface area contributed by atoms with E-state index in [0.717, 1.165) is 0 Å². The second-order valence-electron chi connectivity index (χ2n) is 3.70. The second-order valence-corrected chi connectivity index (χ2v) is 3.70. The van der Waals surface area contributed by atoms with E-state index < -0.39 is 0 Å². The van der Waals surface area contributed by atoms with Gasteiger partial charge in [0.1, 0.15) is 18.0 Å². The number of primary amides is 1. The smallest absolute Gasteiger partial charge is 0.237 e. The first kappa shape index (κ1) is 12.2. The number of amides is 1. The van der Waals surface area contributed by atoms with Crippen LogP contribution in [0.15, 0.2) is 12.4 Å². The maximum absolute atomic E-state index is 11.0. The van der Waals surface area contributed by atoms with E-state index in [1.807, 2.05) is 18.7 Å². The zero-order valence-electron chi connectivity index (χ0n) is 9.77. The Morgan fingerprint density at radius 1 is 1.56 bits per heavy atom. The van der Waals surface area contributed by atoms with E-state index in [9.17, 15) is 4.79 Å². The predicted octanol–water partition coefficient (Wildman–Crippen LogP) is 0.218. The predicted molar refractivity (Wildman–Crippen MR) is 63.3 cm³/mol. The van der Waals surface area contributed by atoms with Crippen LogP contribution in [0.5, 0.6) is 0 Å². The average Bonchev–Trinajstić information content (AvgIpc) is 2.25. The minimum Gasteiger partial charge on any atom is -0.373 e. The molecule has 0 radical (unpaired) electrons. The zero-order chi connectivity index (χ0) is 12.1. The molecule has 0 bridgehead atoms. The molecular weight excluding hydrogens is 206 g/mol. The lowest BCUT2D eigenvalue weighted by atomic mass is 10.3. The second kappa shape index (κ2) is 5.29. The molecule has 88 valence electrons. The van der Waals surface area contributed by atoms with Crippen LogP contribution in [0.3, 0.4) is 0 Å². The zero-order valence-corrected chi connectivity index (χ0v) is 9.77. The van der Waals surface area contributed by atoms with Crippen LogP contribution in [0.4, 0.5) is 11.6 Å². The summed E-state index contributed by atoms with van der Waals surface area (Å²) in [6.07, 6.45) is 1.46. The number of rotatable bonds is 5. The summed E-state index contributed by atoms with van der Waals surface area (Å²) in [7, 11) is 1.78. The first-order valence-corrected chi connectivity index (χ1v) is 5.09. The van der Waals surface area contributed by atoms with E-state index in [1.165, 1.54) is 6.33 Å². The van der Waals surface area contributed by atoms with Crippen molar-refractivity contribution in [1.82, 2.24) is 9.97 Å². The van der Waals surface area contributed by atoms with Crippen molar-refractivity contribution in [2.75, 3.05) is 23.8 Å². The number of hydrogen-bond acceptors (Lipinski definition) is 5. The third-order valence-electron chi connectivity index (χ3n) is 2.15. The van der Waals surface area contributed by atoms with E-state index >= 15 is 0 Å². The molecule has 0 aliphatic heterocycles. The molecule has 0 spiro atoms. The number of aromatic nitrogens is 2. The highest BCUT2D eigenvalue weighted by molar-refractivity contribution is 5.79. The third kappa shape index (κ3) is 3.08. The van der Waals surface area contributed by atoms with Gasteiger partial charge in [0.25, 0.3) is 0 Å². The quantitative estimate of drug-likeness (QED) is 0.746. The van der Waals surface area contributed by atoms with Gasteiger partial charge < -0.3 is 16.0 Å². The van der Waals surface area contributed by atoms with Crippen molar-refractivity contribution in [3.05, 3.63) is 12.4 Å². The maximum atomic E-state index is 11.0. The highest BCUT2D eigenvalue weighted by Gasteiger charge is 2.14. The molecule has 0 atom stereocenters. The van der Waals surface area contributed by atoms with Gasteiger partial charge in [0.15, 0.2) is 0 Å². The molecule has 6 nitrogen and oxygen atoms in total. The molecular formula is C10H17N5O. The summed E-state index contributed by atoms with van der Waals surface area (Å²) in [6, 6.07) is 1.93. The normalized spacial score (nSPS) is 10.2. The Morgan fingerprint density at radius 3 is 2.75 bits per heavy atom. The number of carbonyl (C=O) groups is 1. The van der Waals surface area contributed by atoms with E-state index in [2.05, 4.69) is 15.3 Å². The topological polar surface area (TPSA) is 84.1 Å². The first-order valence-electron chi connectivity index (χ1n) is 5.09. The van der Waals surface area contributed by atoms with Gasteiger partial charge in [-0.3, -0.25) is 4.79 Å². The van der Waals surface area contributed by atoms with Gasteiger partial charge in [-0.05, 0) is 13.8 Å². The lowest BCUT2D eigenvalue weighted by Crippen LogP contribution is -2.39. The van der Waals surface area contributed by atoms with Crippen molar-refractivity contribution < 1.29 is 4.79 Å². The van der Waals surface area contributed by atoms with Crippen molar-refractivity contribution in [2.45, 2.75) is 19.9 Å². The molecule has 1 heterocycles. The van der Waals surface area contributed by atoms with Crippen LogP contribution >= 0.6 is 0 Å². The van der Waals surface area contributed by atoms with Crippen LogP contribution in [0.25, 0.3) is 0 Å². The first-order chi connectivity index (χ1) is 7.54. The molecule has 0 aliphatic rings. The van der Waals surface area contributed by atoms with Gasteiger partial charge in [0.05, 0.1) is 6.54 Å². The van der Waals surface area contributed by atoms with Gasteiger partial charge in [-0.2, -0.15) is 0 Å². The summed E-state index contributed by atoms with van der Waals surface area (Å²) in [5.41, 5.74) is 5.20. The number of anilines is 2. The van der Waals surface area contributed by atoms with Crippen molar-refractivity contribution in [1.29, 1.82) is 0 Å². The lowest BCUT2D eigenvalue weighted by Gasteiger charge is -2.26. The van der Waals surface area contributed by atoms with Crippen molar-refractivity contribution in [2.24, 2.45) is 5.73 Å². The highest BCUT2D eigenvalue weighted by atomic mass is 16.1. The van der Waals surface area contributed by atoms with E-state index in [-0.39, 0.29) is 18.5 Å². The Bertz CT molecular complexity index is 366. The summed E-state index contributed by atoms with van der Waals surface area (Å²) in [5.74, 6) is 1.02. The summed E-state index contributed by atoms with van der Waals surface area (Å²) in [5, 5.41) is 2.92. The molecule has 0 saturated heterocycles. The van der Waals surface area contributed by atoms with Gasteiger partial charge in [-0.15, -0.1) is 0 Å². The Hall–Kier alpha value is -1.85. The fraction of sp³-hybridized carbons (Fsp3) is 0.500. The maximum Gasteiger partial charge on any atom is 0.237 e. The Labute approximate surface area is 94.9 Å². The van der Waals surface area contributed by atoms with Gasteiger partial charge in [0, 0.05) is 19.2 Å². The molecule has 3 N–H and O–H groups in total. The van der Waals surface area contributed by atoms with Crippen LogP contribution in [0, 0.1) is 0 Å². The summed E-state index contributed by atoms with van der Waals surface area (Å²) in [4.78, 5) is 20.9. The summed E-state index contributed by atoms with van der Waals surface area (Å²) >= 11 is 0. The largest absolute Gasteiger partial charge is 0.373 e. The molecule has 0 aromatic carbocycles. The van der Waals surface area contributed by atoms with Gasteiger partial charge in [-0.1, -0.05) is 0 Å². The minimum absolute atomic E-state index is 0.145. The van der Waals surface area contributed by atoms with Crippen molar-refractivity contribution in [3.63, 3.8) is 0 Å². The van der Waals surface area contributed by atoms with Crippen molar-refractivity contribution >= 4 is 17.5 Å². The Balaban J connectivity index is 2.95. The molecule has 0 saturated carbocycles. The number of carbonyl (C=O) groups excluding carboxylic acids is 1. The monoisotopic (exact) mass is 223 g/mol. The number of nitrogens with two attached hydrogens (primary N) is 1. The molecule has 6 heteroatoms. The van der Waals surface area contributed by atoms with Crippen LogP contribution in [0.1, 0.15) is 13.8 Å². The van der Waals surface area contributed by atoms with E-state index in [0.29, 0.717) is 11.6 Å². The lowest BCUT2D eigenvalue weighted by molar-refractivity contribution is -0.116. The molecule has 0 unspecified atom stereocenters. The molecule has 1 rings (SSSR count). The van der Waals surface area contributed by atoms with Crippen LogP contribution in [0.2, 0.25) is 0 Å². The Kier molecular flexibility index (Phi) is 4.04. The fourth-order valence-electron chi connectivity index (χ4n) is 1.34. The fourth-order valence-corrected chi connectivity index (χ4v) is 1.34. The number of nitrogens with one attached hydrogen (secondary N) is 1. The minimum atomic E-state index is -0.377. The number of nitrogens with zero attached hydrogens (tertiary/aromatic N) is 3. The average molecular weight is 223 g/mol. The Morgan fingerprint density at radius 2 is 2.25 bits per heavy atom. The van der Waals surface area contributed by atoms with Crippen LogP contribution < -0.4 is 16.0 Å². The molecule has 1 aromatic rings. The molecule has 1 aromatic heterocycles. The summed E-state index contributed by atoms with van der Waals surface area (Å²) in [6.45, 7) is 4.10. The molecule has 16 heavy (non-hydrogen) atoms. The van der Waals surface area contributed by atoms with Gasteiger partial charge in [-0.25, -0.2) is 9.97 Å².